The van der Waals surface area contributed by atoms with Crippen molar-refractivity contribution in [2.45, 2.75) is 64.7 Å². The lowest BCUT2D eigenvalue weighted by molar-refractivity contribution is 0.282. The normalized spacial score (nSPS) is 12.8. The smallest absolute Gasteiger partial charge is 0.106 e. The second-order valence-electron chi connectivity index (χ2n) is 5.33. The minimum atomic E-state index is 0.351. The fraction of sp³-hybridized carbons (Fsp3) is 0.800. The molecule has 0 aliphatic carbocycles. The van der Waals surface area contributed by atoms with Gasteiger partial charge in [0.25, 0.3) is 0 Å². The fourth-order valence-corrected chi connectivity index (χ4v) is 2.33. The summed E-state index contributed by atoms with van der Waals surface area (Å²) in [5.41, 5.74) is 0. The quantitative estimate of drug-likeness (QED) is 0.590. The number of rotatable bonds is 11. The predicted molar refractivity (Wildman–Crippen MR) is 75.5 cm³/mol. The lowest BCUT2D eigenvalue weighted by Gasteiger charge is -2.09. The van der Waals surface area contributed by atoms with Crippen LogP contribution in [0.15, 0.2) is 12.4 Å². The molecular weight excluding hydrogens is 224 g/mol. The number of hydrogen-bond acceptors (Lipinski definition) is 2. The molecule has 0 spiro atoms. The van der Waals surface area contributed by atoms with E-state index in [0.29, 0.717) is 6.61 Å². The third-order valence-electron chi connectivity index (χ3n) is 3.45. The Morgan fingerprint density at radius 2 is 1.78 bits per heavy atom. The number of aromatic nitrogens is 2. The van der Waals surface area contributed by atoms with Crippen molar-refractivity contribution in [1.29, 1.82) is 0 Å². The Labute approximate surface area is 111 Å². The van der Waals surface area contributed by atoms with Crippen molar-refractivity contribution in [3.63, 3.8) is 0 Å². The van der Waals surface area contributed by atoms with Gasteiger partial charge in [0.1, 0.15) is 5.82 Å². The highest BCUT2D eigenvalue weighted by atomic mass is 16.2. The first-order valence-electron chi connectivity index (χ1n) is 7.42. The van der Waals surface area contributed by atoms with Gasteiger partial charge < -0.3 is 10.1 Å². The maximum absolute atomic E-state index is 8.67. The molecule has 3 nitrogen and oxygen atoms in total. The lowest BCUT2D eigenvalue weighted by Crippen LogP contribution is -2.01. The van der Waals surface area contributed by atoms with Gasteiger partial charge in [0.2, 0.25) is 0 Å². The number of aromatic amines is 1. The van der Waals surface area contributed by atoms with Crippen molar-refractivity contribution < 1.29 is 5.11 Å². The highest BCUT2D eigenvalue weighted by Crippen LogP contribution is 2.15. The molecule has 1 unspecified atom stereocenters. The van der Waals surface area contributed by atoms with Gasteiger partial charge in [0.15, 0.2) is 0 Å². The first kappa shape index (κ1) is 15.2. The fourth-order valence-electron chi connectivity index (χ4n) is 2.33. The van der Waals surface area contributed by atoms with Crippen LogP contribution >= 0.6 is 0 Å². The van der Waals surface area contributed by atoms with Crippen LogP contribution in [-0.2, 0) is 6.42 Å². The van der Waals surface area contributed by atoms with Crippen LogP contribution in [0.1, 0.15) is 64.1 Å². The van der Waals surface area contributed by atoms with Crippen molar-refractivity contribution in [2.24, 2.45) is 5.92 Å². The highest BCUT2D eigenvalue weighted by Gasteiger charge is 2.04. The van der Waals surface area contributed by atoms with E-state index in [2.05, 4.69) is 16.9 Å². The van der Waals surface area contributed by atoms with Crippen LogP contribution in [-0.4, -0.2) is 21.7 Å². The van der Waals surface area contributed by atoms with Crippen LogP contribution in [0, 0.1) is 5.92 Å². The van der Waals surface area contributed by atoms with Crippen LogP contribution in [0.5, 0.6) is 0 Å². The Kier molecular flexibility index (Phi) is 8.57. The molecule has 1 atom stereocenters. The summed E-state index contributed by atoms with van der Waals surface area (Å²) in [6.45, 7) is 2.66. The van der Waals surface area contributed by atoms with E-state index in [-0.39, 0.29) is 0 Å². The third kappa shape index (κ3) is 7.49. The number of H-pyrrole nitrogens is 1. The van der Waals surface area contributed by atoms with E-state index in [0.717, 1.165) is 24.6 Å². The summed E-state index contributed by atoms with van der Waals surface area (Å²) in [4.78, 5) is 7.43. The molecule has 3 heteroatoms. The molecule has 0 fully saturated rings. The van der Waals surface area contributed by atoms with Crippen molar-refractivity contribution in [2.75, 3.05) is 6.61 Å². The molecule has 1 aromatic rings. The van der Waals surface area contributed by atoms with Crippen LogP contribution < -0.4 is 0 Å². The Morgan fingerprint density at radius 1 is 1.11 bits per heavy atom. The molecule has 104 valence electrons. The first-order chi connectivity index (χ1) is 8.83. The number of aliphatic hydroxyl groups is 1. The van der Waals surface area contributed by atoms with Gasteiger partial charge in [0, 0.05) is 25.4 Å². The van der Waals surface area contributed by atoms with Crippen molar-refractivity contribution in [3.8, 4) is 0 Å². The Morgan fingerprint density at radius 3 is 2.39 bits per heavy atom. The molecule has 0 saturated carbocycles. The molecule has 0 aromatic carbocycles. The molecular formula is C15H28N2O. The van der Waals surface area contributed by atoms with Crippen LogP contribution in [0.25, 0.3) is 0 Å². The van der Waals surface area contributed by atoms with Crippen LogP contribution in [0.3, 0.4) is 0 Å². The Bertz CT molecular complexity index is 272. The van der Waals surface area contributed by atoms with Gasteiger partial charge in [-0.15, -0.1) is 0 Å². The number of nitrogens with one attached hydrogen (secondary N) is 1. The topological polar surface area (TPSA) is 48.9 Å². The zero-order valence-electron chi connectivity index (χ0n) is 11.7. The molecule has 18 heavy (non-hydrogen) atoms. The van der Waals surface area contributed by atoms with E-state index in [9.17, 15) is 0 Å². The second kappa shape index (κ2) is 10.1. The number of hydrogen-bond donors (Lipinski definition) is 2. The number of nitrogens with zero attached hydrogens (tertiary/aromatic N) is 1. The van der Waals surface area contributed by atoms with Gasteiger partial charge in [-0.25, -0.2) is 4.98 Å². The maximum Gasteiger partial charge on any atom is 0.106 e. The maximum atomic E-state index is 8.67. The van der Waals surface area contributed by atoms with Gasteiger partial charge in [-0.1, -0.05) is 51.9 Å². The molecule has 0 bridgehead atoms. The molecule has 0 saturated heterocycles. The number of unbranched alkanes of at least 4 members (excludes halogenated alkanes) is 6. The molecule has 1 rings (SSSR count). The summed E-state index contributed by atoms with van der Waals surface area (Å²) >= 11 is 0. The van der Waals surface area contributed by atoms with E-state index in [4.69, 9.17) is 5.11 Å². The van der Waals surface area contributed by atoms with Gasteiger partial charge in [0.05, 0.1) is 0 Å². The number of aliphatic hydroxyl groups excluding tert-OH is 1. The molecule has 0 aliphatic rings. The summed E-state index contributed by atoms with van der Waals surface area (Å²) in [5.74, 6) is 1.84. The highest BCUT2D eigenvalue weighted by molar-refractivity contribution is 4.88. The van der Waals surface area contributed by atoms with E-state index in [1.54, 1.807) is 0 Å². The summed E-state index contributed by atoms with van der Waals surface area (Å²) in [6.07, 6.45) is 14.9. The van der Waals surface area contributed by atoms with E-state index >= 15 is 0 Å². The zero-order valence-corrected chi connectivity index (χ0v) is 11.7. The van der Waals surface area contributed by atoms with E-state index in [1.165, 1.54) is 44.9 Å². The summed E-state index contributed by atoms with van der Waals surface area (Å²) < 4.78 is 0. The van der Waals surface area contributed by atoms with Crippen molar-refractivity contribution in [3.05, 3.63) is 18.2 Å². The third-order valence-corrected chi connectivity index (χ3v) is 3.45. The standard InChI is InChI=1S/C15H28N2O/c1-14(13-15-16-10-11-17-15)9-7-5-3-2-4-6-8-12-18/h10-11,14,18H,2-9,12-13H2,1H3,(H,16,17). The summed E-state index contributed by atoms with van der Waals surface area (Å²) in [6, 6.07) is 0. The van der Waals surface area contributed by atoms with Crippen LogP contribution in [0.4, 0.5) is 0 Å². The largest absolute Gasteiger partial charge is 0.396 e. The SMILES string of the molecule is CC(CCCCCCCCCO)Cc1ncc[nH]1. The average molecular weight is 252 g/mol. The van der Waals surface area contributed by atoms with Gasteiger partial charge in [-0.05, 0) is 12.3 Å². The van der Waals surface area contributed by atoms with E-state index < -0.39 is 0 Å². The van der Waals surface area contributed by atoms with Crippen molar-refractivity contribution >= 4 is 0 Å². The molecule has 1 heterocycles. The summed E-state index contributed by atoms with van der Waals surface area (Å²) in [7, 11) is 0. The monoisotopic (exact) mass is 252 g/mol. The zero-order chi connectivity index (χ0) is 13.1. The minimum absolute atomic E-state index is 0.351. The average Bonchev–Trinajstić information content (AvgIpc) is 2.85. The second-order valence-corrected chi connectivity index (χ2v) is 5.33. The molecule has 0 aliphatic heterocycles. The predicted octanol–water partition coefficient (Wildman–Crippen LogP) is 3.70. The Balaban J connectivity index is 1.88. The molecule has 0 amide bonds. The Hall–Kier alpha value is -0.830. The first-order valence-corrected chi connectivity index (χ1v) is 7.42. The molecule has 1 aromatic heterocycles. The number of imidazole rings is 1. The van der Waals surface area contributed by atoms with Crippen LogP contribution in [0.2, 0.25) is 0 Å². The van der Waals surface area contributed by atoms with Gasteiger partial charge in [-0.2, -0.15) is 0 Å². The van der Waals surface area contributed by atoms with E-state index in [1.807, 2.05) is 12.4 Å². The van der Waals surface area contributed by atoms with Gasteiger partial charge >= 0.3 is 0 Å². The lowest BCUT2D eigenvalue weighted by atomic mass is 9.98. The molecule has 2 N–H and O–H groups in total. The van der Waals surface area contributed by atoms with Crippen molar-refractivity contribution in [1.82, 2.24) is 9.97 Å². The molecule has 0 radical (unpaired) electrons. The van der Waals surface area contributed by atoms with Gasteiger partial charge in [-0.3, -0.25) is 0 Å². The summed E-state index contributed by atoms with van der Waals surface area (Å²) in [5, 5.41) is 8.67. The minimum Gasteiger partial charge on any atom is -0.396 e.